The van der Waals surface area contributed by atoms with Gasteiger partial charge in [-0.3, -0.25) is 9.58 Å². The Morgan fingerprint density at radius 1 is 1.24 bits per heavy atom. The van der Waals surface area contributed by atoms with Crippen molar-refractivity contribution in [3.8, 4) is 11.1 Å². The zero-order valence-electron chi connectivity index (χ0n) is 13.0. The van der Waals surface area contributed by atoms with Gasteiger partial charge in [0.2, 0.25) is 0 Å². The van der Waals surface area contributed by atoms with Crippen LogP contribution in [0.1, 0.15) is 17.5 Å². The van der Waals surface area contributed by atoms with Gasteiger partial charge in [-0.15, -0.1) is 0 Å². The molecule has 0 atom stereocenters. The van der Waals surface area contributed by atoms with Crippen LogP contribution in [-0.4, -0.2) is 40.9 Å². The molecule has 0 unspecified atom stereocenters. The summed E-state index contributed by atoms with van der Waals surface area (Å²) in [5, 5.41) is 7.79. The van der Waals surface area contributed by atoms with Crippen molar-refractivity contribution >= 4 is 0 Å². The molecule has 0 saturated carbocycles. The van der Waals surface area contributed by atoms with Crippen molar-refractivity contribution in [2.24, 2.45) is 7.05 Å². The number of hydrogen-bond donors (Lipinski definition) is 1. The molecule has 2 heterocycles. The molecule has 1 aliphatic heterocycles. The Bertz CT molecular complexity index is 595. The van der Waals surface area contributed by atoms with Crippen LogP contribution < -0.4 is 5.32 Å². The lowest BCUT2D eigenvalue weighted by Crippen LogP contribution is -2.27. The van der Waals surface area contributed by atoms with Crippen LogP contribution in [0.5, 0.6) is 0 Å². The molecule has 1 N–H and O–H groups in total. The molecule has 21 heavy (non-hydrogen) atoms. The minimum Gasteiger partial charge on any atom is -0.315 e. The minimum absolute atomic E-state index is 1.02. The van der Waals surface area contributed by atoms with Gasteiger partial charge in [0.05, 0.1) is 6.20 Å². The van der Waals surface area contributed by atoms with E-state index in [1.54, 1.807) is 0 Å². The van der Waals surface area contributed by atoms with Crippen molar-refractivity contribution in [2.75, 3.05) is 26.2 Å². The molecule has 4 heteroatoms. The van der Waals surface area contributed by atoms with E-state index < -0.39 is 0 Å². The smallest absolute Gasteiger partial charge is 0.0568 e. The van der Waals surface area contributed by atoms with Crippen LogP contribution in [0, 0.1) is 6.92 Å². The number of hydrogen-bond acceptors (Lipinski definition) is 3. The zero-order valence-corrected chi connectivity index (χ0v) is 13.0. The first-order chi connectivity index (χ1) is 10.2. The topological polar surface area (TPSA) is 33.1 Å². The minimum atomic E-state index is 1.02. The van der Waals surface area contributed by atoms with Gasteiger partial charge in [-0.05, 0) is 37.6 Å². The highest BCUT2D eigenvalue weighted by atomic mass is 15.2. The molecule has 1 aromatic heterocycles. The molecule has 3 rings (SSSR count). The van der Waals surface area contributed by atoms with Crippen molar-refractivity contribution in [1.29, 1.82) is 0 Å². The third-order valence-corrected chi connectivity index (χ3v) is 4.11. The summed E-state index contributed by atoms with van der Waals surface area (Å²) in [6.45, 7) is 7.70. The third-order valence-electron chi connectivity index (χ3n) is 4.11. The van der Waals surface area contributed by atoms with Crippen LogP contribution in [0.3, 0.4) is 0 Å². The Morgan fingerprint density at radius 3 is 2.95 bits per heavy atom. The van der Waals surface area contributed by atoms with E-state index >= 15 is 0 Å². The molecule has 1 aliphatic rings. The molecule has 0 aliphatic carbocycles. The summed E-state index contributed by atoms with van der Waals surface area (Å²) >= 11 is 0. The molecule has 0 amide bonds. The molecule has 1 aromatic carbocycles. The Labute approximate surface area is 126 Å². The van der Waals surface area contributed by atoms with Crippen LogP contribution >= 0.6 is 0 Å². The number of aryl methyl sites for hydroxylation is 2. The van der Waals surface area contributed by atoms with Crippen LogP contribution in [0.15, 0.2) is 30.6 Å². The molecule has 1 fully saturated rings. The highest BCUT2D eigenvalue weighted by Crippen LogP contribution is 2.26. The van der Waals surface area contributed by atoms with Crippen molar-refractivity contribution in [3.05, 3.63) is 41.7 Å². The Balaban J connectivity index is 1.87. The van der Waals surface area contributed by atoms with Gasteiger partial charge in [0.1, 0.15) is 0 Å². The fourth-order valence-electron chi connectivity index (χ4n) is 2.96. The maximum atomic E-state index is 4.32. The van der Waals surface area contributed by atoms with Crippen molar-refractivity contribution < 1.29 is 0 Å². The van der Waals surface area contributed by atoms with E-state index in [-0.39, 0.29) is 0 Å². The molecule has 0 bridgehead atoms. The summed E-state index contributed by atoms with van der Waals surface area (Å²) in [4.78, 5) is 2.55. The second-order valence-electron chi connectivity index (χ2n) is 5.94. The molecule has 0 spiro atoms. The van der Waals surface area contributed by atoms with Gasteiger partial charge >= 0.3 is 0 Å². The second-order valence-corrected chi connectivity index (χ2v) is 5.94. The predicted molar refractivity (Wildman–Crippen MR) is 86.1 cm³/mol. The van der Waals surface area contributed by atoms with Crippen molar-refractivity contribution in [2.45, 2.75) is 19.9 Å². The third kappa shape index (κ3) is 3.52. The van der Waals surface area contributed by atoms with Crippen molar-refractivity contribution in [3.63, 3.8) is 0 Å². The average molecular weight is 284 g/mol. The van der Waals surface area contributed by atoms with Gasteiger partial charge < -0.3 is 5.32 Å². The Morgan fingerprint density at radius 2 is 2.14 bits per heavy atom. The van der Waals surface area contributed by atoms with E-state index in [0.29, 0.717) is 0 Å². The maximum absolute atomic E-state index is 4.32. The van der Waals surface area contributed by atoms with Crippen LogP contribution in [0.25, 0.3) is 11.1 Å². The second kappa shape index (κ2) is 6.41. The van der Waals surface area contributed by atoms with E-state index in [1.807, 2.05) is 17.9 Å². The summed E-state index contributed by atoms with van der Waals surface area (Å²) in [5.41, 5.74) is 5.23. The normalized spacial score (nSPS) is 16.9. The highest BCUT2D eigenvalue weighted by Gasteiger charge is 2.13. The molecule has 2 aromatic rings. The number of aromatic nitrogens is 2. The molecule has 0 radical (unpaired) electrons. The largest absolute Gasteiger partial charge is 0.315 e. The van der Waals surface area contributed by atoms with E-state index in [4.69, 9.17) is 0 Å². The fourth-order valence-corrected chi connectivity index (χ4v) is 2.96. The molecule has 4 nitrogen and oxygen atoms in total. The Kier molecular flexibility index (Phi) is 4.36. The predicted octanol–water partition coefficient (Wildman–Crippen LogP) is 2.19. The quantitative estimate of drug-likeness (QED) is 0.938. The van der Waals surface area contributed by atoms with Crippen molar-refractivity contribution in [1.82, 2.24) is 20.0 Å². The zero-order chi connectivity index (χ0) is 14.7. The lowest BCUT2D eigenvalue weighted by molar-refractivity contribution is 0.285. The van der Waals surface area contributed by atoms with E-state index in [9.17, 15) is 0 Å². The van der Waals surface area contributed by atoms with E-state index in [1.165, 1.54) is 35.2 Å². The van der Waals surface area contributed by atoms with Gasteiger partial charge in [-0.2, -0.15) is 5.10 Å². The van der Waals surface area contributed by atoms with E-state index in [2.05, 4.69) is 46.6 Å². The fraction of sp³-hybridized carbons (Fsp3) is 0.471. The van der Waals surface area contributed by atoms with Crippen LogP contribution in [0.2, 0.25) is 0 Å². The van der Waals surface area contributed by atoms with Gasteiger partial charge in [0, 0.05) is 38.4 Å². The SMILES string of the molecule is Cc1ccc(CN2CCCNCC2)c(-c2cnn(C)c2)c1. The van der Waals surface area contributed by atoms with Crippen LogP contribution in [0.4, 0.5) is 0 Å². The van der Waals surface area contributed by atoms with E-state index in [0.717, 1.165) is 26.2 Å². The van der Waals surface area contributed by atoms with Gasteiger partial charge in [0.15, 0.2) is 0 Å². The van der Waals surface area contributed by atoms with Gasteiger partial charge in [-0.1, -0.05) is 23.8 Å². The first-order valence-corrected chi connectivity index (χ1v) is 7.74. The summed E-state index contributed by atoms with van der Waals surface area (Å²) in [7, 11) is 1.97. The number of nitrogens with zero attached hydrogens (tertiary/aromatic N) is 3. The summed E-state index contributed by atoms with van der Waals surface area (Å²) in [6, 6.07) is 6.77. The lowest BCUT2D eigenvalue weighted by Gasteiger charge is -2.21. The first kappa shape index (κ1) is 14.3. The first-order valence-electron chi connectivity index (χ1n) is 7.74. The van der Waals surface area contributed by atoms with Gasteiger partial charge in [-0.25, -0.2) is 0 Å². The number of nitrogens with one attached hydrogen (secondary N) is 1. The lowest BCUT2D eigenvalue weighted by atomic mass is 9.99. The molecular formula is C17H24N4. The standard InChI is InChI=1S/C17H24N4/c1-14-4-5-15(13-21-8-3-6-18-7-9-21)17(10-14)16-11-19-20(2)12-16/h4-5,10-12,18H,3,6-9,13H2,1-2H3. The highest BCUT2D eigenvalue weighted by molar-refractivity contribution is 5.66. The molecule has 112 valence electrons. The van der Waals surface area contributed by atoms with Crippen LogP contribution in [-0.2, 0) is 13.6 Å². The summed E-state index contributed by atoms with van der Waals surface area (Å²) in [6.07, 6.45) is 5.29. The number of rotatable bonds is 3. The molecular weight excluding hydrogens is 260 g/mol. The summed E-state index contributed by atoms with van der Waals surface area (Å²) < 4.78 is 1.87. The maximum Gasteiger partial charge on any atom is 0.0568 e. The number of benzene rings is 1. The monoisotopic (exact) mass is 284 g/mol. The van der Waals surface area contributed by atoms with Gasteiger partial charge in [0.25, 0.3) is 0 Å². The summed E-state index contributed by atoms with van der Waals surface area (Å²) in [5.74, 6) is 0. The Hall–Kier alpha value is -1.65. The molecule has 1 saturated heterocycles. The average Bonchev–Trinajstić information content (AvgIpc) is 2.74.